The maximum absolute atomic E-state index is 11.9. The molecule has 0 fully saturated rings. The van der Waals surface area contributed by atoms with Crippen LogP contribution in [0.25, 0.3) is 0 Å². The van der Waals surface area contributed by atoms with E-state index < -0.39 is 0 Å². The van der Waals surface area contributed by atoms with Gasteiger partial charge in [-0.1, -0.05) is 30.3 Å². The Bertz CT molecular complexity index is 569. The highest BCUT2D eigenvalue weighted by Gasteiger charge is 2.03. The van der Waals surface area contributed by atoms with Gasteiger partial charge in [-0.15, -0.1) is 11.8 Å². The normalized spacial score (nSPS) is 10.2. The number of hydrogen-bond donors (Lipinski definition) is 1. The van der Waals surface area contributed by atoms with Gasteiger partial charge in [0.1, 0.15) is 5.75 Å². The zero-order valence-electron chi connectivity index (χ0n) is 12.7. The summed E-state index contributed by atoms with van der Waals surface area (Å²) in [6.07, 6.45) is 1.38. The Kier molecular flexibility index (Phi) is 6.84. The van der Waals surface area contributed by atoms with E-state index in [-0.39, 0.29) is 5.91 Å². The van der Waals surface area contributed by atoms with Crippen molar-refractivity contribution in [2.45, 2.75) is 17.7 Å². The maximum Gasteiger partial charge on any atom is 0.224 e. The summed E-state index contributed by atoms with van der Waals surface area (Å²) in [5, 5.41) is 2.96. The van der Waals surface area contributed by atoms with Gasteiger partial charge in [0.2, 0.25) is 5.91 Å². The fourth-order valence-electron chi connectivity index (χ4n) is 2.00. The van der Waals surface area contributed by atoms with E-state index in [1.54, 1.807) is 7.11 Å². The minimum Gasteiger partial charge on any atom is -0.497 e. The van der Waals surface area contributed by atoms with Crippen molar-refractivity contribution < 1.29 is 9.53 Å². The van der Waals surface area contributed by atoms with Crippen molar-refractivity contribution in [3.63, 3.8) is 0 Å². The van der Waals surface area contributed by atoms with Crippen molar-refractivity contribution >= 4 is 17.7 Å². The van der Waals surface area contributed by atoms with Crippen LogP contribution in [-0.4, -0.2) is 25.3 Å². The molecule has 0 saturated heterocycles. The second-order valence-corrected chi connectivity index (χ2v) is 6.06. The molecule has 1 N–H and O–H groups in total. The van der Waals surface area contributed by atoms with Gasteiger partial charge in [-0.3, -0.25) is 4.79 Å². The first kappa shape index (κ1) is 16.4. The standard InChI is InChI=1S/C18H21NO2S/c1-21-16-10-8-15(9-11-16)14-18(20)19-12-5-13-22-17-6-3-2-4-7-17/h2-4,6-11H,5,12-14H2,1H3,(H,19,20). The second kappa shape index (κ2) is 9.15. The second-order valence-electron chi connectivity index (χ2n) is 4.89. The molecule has 0 aromatic heterocycles. The largest absolute Gasteiger partial charge is 0.497 e. The van der Waals surface area contributed by atoms with Gasteiger partial charge in [-0.25, -0.2) is 0 Å². The third-order valence-electron chi connectivity index (χ3n) is 3.18. The molecule has 1 amide bonds. The van der Waals surface area contributed by atoms with E-state index in [0.717, 1.165) is 30.0 Å². The summed E-state index contributed by atoms with van der Waals surface area (Å²) in [5.41, 5.74) is 0.997. The fourth-order valence-corrected chi connectivity index (χ4v) is 2.87. The molecule has 0 atom stereocenters. The molecule has 22 heavy (non-hydrogen) atoms. The first-order valence-corrected chi connectivity index (χ1v) is 8.34. The number of carbonyl (C=O) groups is 1. The molecule has 0 aliphatic heterocycles. The van der Waals surface area contributed by atoms with E-state index in [4.69, 9.17) is 4.74 Å². The minimum atomic E-state index is 0.0647. The van der Waals surface area contributed by atoms with Crippen LogP contribution in [-0.2, 0) is 11.2 Å². The Morgan fingerprint density at radius 1 is 1.09 bits per heavy atom. The van der Waals surface area contributed by atoms with E-state index in [0.29, 0.717) is 6.42 Å². The van der Waals surface area contributed by atoms with Crippen LogP contribution < -0.4 is 10.1 Å². The highest BCUT2D eigenvalue weighted by Crippen LogP contribution is 2.17. The number of thioether (sulfide) groups is 1. The summed E-state index contributed by atoms with van der Waals surface area (Å²) < 4.78 is 5.10. The summed E-state index contributed by atoms with van der Waals surface area (Å²) in [6, 6.07) is 17.9. The summed E-state index contributed by atoms with van der Waals surface area (Å²) >= 11 is 1.81. The van der Waals surface area contributed by atoms with Crippen molar-refractivity contribution in [3.8, 4) is 5.75 Å². The first-order valence-electron chi connectivity index (χ1n) is 7.35. The minimum absolute atomic E-state index is 0.0647. The monoisotopic (exact) mass is 315 g/mol. The average molecular weight is 315 g/mol. The predicted octanol–water partition coefficient (Wildman–Crippen LogP) is 3.54. The molecule has 2 aromatic carbocycles. The predicted molar refractivity (Wildman–Crippen MR) is 91.5 cm³/mol. The first-order chi connectivity index (χ1) is 10.8. The molecule has 0 saturated carbocycles. The third-order valence-corrected chi connectivity index (χ3v) is 4.28. The van der Waals surface area contributed by atoms with Crippen molar-refractivity contribution in [2.24, 2.45) is 0 Å². The molecular weight excluding hydrogens is 294 g/mol. The highest BCUT2D eigenvalue weighted by atomic mass is 32.2. The number of benzene rings is 2. The van der Waals surface area contributed by atoms with Crippen molar-refractivity contribution in [2.75, 3.05) is 19.4 Å². The highest BCUT2D eigenvalue weighted by molar-refractivity contribution is 7.99. The number of hydrogen-bond acceptors (Lipinski definition) is 3. The number of nitrogens with one attached hydrogen (secondary N) is 1. The van der Waals surface area contributed by atoms with Gasteiger partial charge in [0, 0.05) is 11.4 Å². The maximum atomic E-state index is 11.9. The molecule has 0 radical (unpaired) electrons. The molecule has 4 heteroatoms. The average Bonchev–Trinajstić information content (AvgIpc) is 2.56. The molecule has 0 bridgehead atoms. The van der Waals surface area contributed by atoms with E-state index in [1.165, 1.54) is 4.90 Å². The molecule has 116 valence electrons. The van der Waals surface area contributed by atoms with Gasteiger partial charge in [0.05, 0.1) is 13.5 Å². The Labute approximate surface area is 136 Å². The van der Waals surface area contributed by atoms with Crippen LogP contribution in [0.2, 0.25) is 0 Å². The Hall–Kier alpha value is -1.94. The van der Waals surface area contributed by atoms with Crippen LogP contribution in [0, 0.1) is 0 Å². The van der Waals surface area contributed by atoms with Crippen molar-refractivity contribution in [1.82, 2.24) is 5.32 Å². The number of ether oxygens (including phenoxy) is 1. The molecule has 0 aliphatic rings. The Morgan fingerprint density at radius 3 is 2.50 bits per heavy atom. The van der Waals surface area contributed by atoms with E-state index in [1.807, 2.05) is 54.2 Å². The summed E-state index contributed by atoms with van der Waals surface area (Å²) in [5.74, 6) is 1.88. The van der Waals surface area contributed by atoms with Gasteiger partial charge in [0.15, 0.2) is 0 Å². The molecule has 2 rings (SSSR count). The molecule has 3 nitrogen and oxygen atoms in total. The number of methoxy groups -OCH3 is 1. The summed E-state index contributed by atoms with van der Waals surface area (Å²) in [6.45, 7) is 0.717. The third kappa shape index (κ3) is 5.82. The van der Waals surface area contributed by atoms with Crippen molar-refractivity contribution in [3.05, 3.63) is 60.2 Å². The van der Waals surface area contributed by atoms with Gasteiger partial charge < -0.3 is 10.1 Å². The summed E-state index contributed by atoms with van der Waals surface area (Å²) in [4.78, 5) is 13.1. The SMILES string of the molecule is COc1ccc(CC(=O)NCCCSc2ccccc2)cc1. The number of rotatable bonds is 8. The quantitative estimate of drug-likeness (QED) is 0.598. The van der Waals surface area contributed by atoms with Crippen molar-refractivity contribution in [1.29, 1.82) is 0 Å². The lowest BCUT2D eigenvalue weighted by Crippen LogP contribution is -2.26. The number of amides is 1. The van der Waals surface area contributed by atoms with Gasteiger partial charge in [0.25, 0.3) is 0 Å². The Balaban J connectivity index is 1.61. The smallest absolute Gasteiger partial charge is 0.224 e. The lowest BCUT2D eigenvalue weighted by molar-refractivity contribution is -0.120. The van der Waals surface area contributed by atoms with E-state index in [2.05, 4.69) is 17.4 Å². The lowest BCUT2D eigenvalue weighted by Gasteiger charge is -2.06. The van der Waals surface area contributed by atoms with Gasteiger partial charge >= 0.3 is 0 Å². The van der Waals surface area contributed by atoms with E-state index in [9.17, 15) is 4.79 Å². The van der Waals surface area contributed by atoms with E-state index >= 15 is 0 Å². The molecule has 2 aromatic rings. The van der Waals surface area contributed by atoms with Gasteiger partial charge in [-0.2, -0.15) is 0 Å². The Morgan fingerprint density at radius 2 is 1.82 bits per heavy atom. The van der Waals surface area contributed by atoms with Gasteiger partial charge in [-0.05, 0) is 42.0 Å². The van der Waals surface area contributed by atoms with Crippen LogP contribution in [0.15, 0.2) is 59.5 Å². The topological polar surface area (TPSA) is 38.3 Å². The molecular formula is C18H21NO2S. The zero-order valence-corrected chi connectivity index (χ0v) is 13.6. The molecule has 0 unspecified atom stereocenters. The molecule has 0 spiro atoms. The van der Waals surface area contributed by atoms with Crippen LogP contribution in [0.1, 0.15) is 12.0 Å². The van der Waals surface area contributed by atoms with Crippen LogP contribution >= 0.6 is 11.8 Å². The number of carbonyl (C=O) groups excluding carboxylic acids is 1. The lowest BCUT2D eigenvalue weighted by atomic mass is 10.1. The zero-order chi connectivity index (χ0) is 15.6. The molecule has 0 aliphatic carbocycles. The fraction of sp³-hybridized carbons (Fsp3) is 0.278. The van der Waals surface area contributed by atoms with Crippen LogP contribution in [0.5, 0.6) is 5.75 Å². The van der Waals surface area contributed by atoms with Crippen LogP contribution in [0.3, 0.4) is 0 Å². The molecule has 0 heterocycles. The van der Waals surface area contributed by atoms with Crippen LogP contribution in [0.4, 0.5) is 0 Å². The summed E-state index contributed by atoms with van der Waals surface area (Å²) in [7, 11) is 1.63.